The minimum Gasteiger partial charge on any atom is -0.490 e. The van der Waals surface area contributed by atoms with Crippen molar-refractivity contribution in [2.75, 3.05) is 31.7 Å². The largest absolute Gasteiger partial charge is 0.490 e. The van der Waals surface area contributed by atoms with Gasteiger partial charge < -0.3 is 14.4 Å². The number of carbonyl (C=O) groups excluding carboxylic acids is 2. The number of carbonyl (C=O) groups is 2. The van der Waals surface area contributed by atoms with E-state index in [4.69, 9.17) is 21.1 Å². The van der Waals surface area contributed by atoms with Crippen molar-refractivity contribution in [2.45, 2.75) is 82.1 Å². The van der Waals surface area contributed by atoms with E-state index in [0.717, 1.165) is 43.1 Å². The normalized spacial score (nSPS) is 34.4. The van der Waals surface area contributed by atoms with Crippen LogP contribution in [-0.4, -0.2) is 64.0 Å². The fourth-order valence-corrected chi connectivity index (χ4v) is 11.1. The highest BCUT2D eigenvalue weighted by Gasteiger charge is 2.54. The van der Waals surface area contributed by atoms with Gasteiger partial charge in [-0.1, -0.05) is 36.7 Å². The second-order valence-electron chi connectivity index (χ2n) is 15.7. The fraction of sp³-hybridized carbons (Fsp3) is 0.525. The molecule has 3 heterocycles. The van der Waals surface area contributed by atoms with Crippen LogP contribution in [0.25, 0.3) is 0 Å². The van der Waals surface area contributed by atoms with Crippen LogP contribution < -0.4 is 14.4 Å². The Morgan fingerprint density at radius 3 is 2.77 bits per heavy atom. The summed E-state index contributed by atoms with van der Waals surface area (Å²) in [6.07, 6.45) is 12.2. The van der Waals surface area contributed by atoms with Gasteiger partial charge in [0.25, 0.3) is 11.8 Å². The van der Waals surface area contributed by atoms with Crippen molar-refractivity contribution in [1.82, 2.24) is 14.5 Å². The molecule has 2 fully saturated rings. The minimum absolute atomic E-state index is 0.0626. The van der Waals surface area contributed by atoms with Crippen molar-refractivity contribution in [3.63, 3.8) is 0 Å². The molecule has 1 aromatic heterocycles. The van der Waals surface area contributed by atoms with Crippen LogP contribution in [0.3, 0.4) is 0 Å². The Morgan fingerprint density at radius 1 is 1.17 bits per heavy atom. The summed E-state index contributed by atoms with van der Waals surface area (Å²) in [4.78, 5) is 30.0. The van der Waals surface area contributed by atoms with Crippen LogP contribution in [0, 0.1) is 23.7 Å². The summed E-state index contributed by atoms with van der Waals surface area (Å²) in [5.74, 6) is 1.19. The molecule has 9 unspecified atom stereocenters. The van der Waals surface area contributed by atoms with Crippen LogP contribution >= 0.6 is 11.6 Å². The number of halogens is 1. The van der Waals surface area contributed by atoms with Crippen molar-refractivity contribution < 1.29 is 23.3 Å². The van der Waals surface area contributed by atoms with Gasteiger partial charge in [0.05, 0.1) is 35.4 Å². The first kappa shape index (κ1) is 35.4. The summed E-state index contributed by atoms with van der Waals surface area (Å²) in [5, 5.41) is 4.31. The van der Waals surface area contributed by atoms with Gasteiger partial charge in [0.2, 0.25) is 0 Å². The van der Waals surface area contributed by atoms with E-state index < -0.39 is 27.0 Å². The molecule has 12 heteroatoms. The molecule has 3 aliphatic carbocycles. The predicted molar refractivity (Wildman–Crippen MR) is 202 cm³/mol. The van der Waals surface area contributed by atoms with Gasteiger partial charge in [-0.05, 0) is 117 Å². The number of aryl methyl sites for hydroxylation is 1. The highest BCUT2D eigenvalue weighted by atomic mass is 35.5. The third-order valence-electron chi connectivity index (χ3n) is 12.5. The Hall–Kier alpha value is -3.67. The SMILES string of the molecule is CCn1cc(C(=O)NS2(=O)=NC(=O)c3ccc4c(c3)N(CC3CCC3C(OC)/C=C/CC(C)C2C)CC2(CO4)CC3CC3c3cc(Cl)ccc32)cn1. The second-order valence-corrected chi connectivity index (χ2v) is 18.4. The number of benzene rings is 2. The average Bonchev–Trinajstić information content (AvgIpc) is 3.77. The molecule has 0 saturated heterocycles. The first-order valence-corrected chi connectivity index (χ1v) is 20.6. The van der Waals surface area contributed by atoms with Gasteiger partial charge in [0.15, 0.2) is 0 Å². The summed E-state index contributed by atoms with van der Waals surface area (Å²) in [6.45, 7) is 8.30. The zero-order chi connectivity index (χ0) is 36.4. The van der Waals surface area contributed by atoms with Gasteiger partial charge >= 0.3 is 0 Å². The van der Waals surface area contributed by atoms with Gasteiger partial charge in [-0.2, -0.15) is 5.10 Å². The Morgan fingerprint density at radius 2 is 2.02 bits per heavy atom. The number of hydrogen-bond acceptors (Lipinski definition) is 7. The zero-order valence-electron chi connectivity index (χ0n) is 30.3. The van der Waals surface area contributed by atoms with E-state index in [0.29, 0.717) is 54.6 Å². The molecule has 2 bridgehead atoms. The molecule has 8 rings (SSSR count). The number of ether oxygens (including phenoxy) is 2. The first-order valence-electron chi connectivity index (χ1n) is 18.7. The number of nitrogens with zero attached hydrogens (tertiary/aromatic N) is 4. The molecule has 1 N–H and O–H groups in total. The molecule has 5 aliphatic rings. The van der Waals surface area contributed by atoms with Crippen molar-refractivity contribution in [1.29, 1.82) is 0 Å². The van der Waals surface area contributed by atoms with Gasteiger partial charge in [-0.15, -0.1) is 4.36 Å². The van der Waals surface area contributed by atoms with Crippen LogP contribution in [0.5, 0.6) is 5.75 Å². The fourth-order valence-electron chi connectivity index (χ4n) is 9.06. The quantitative estimate of drug-likeness (QED) is 0.282. The number of fused-ring (bicyclic) bond motifs is 6. The number of nitrogens with one attached hydrogen (secondary N) is 1. The second kappa shape index (κ2) is 13.6. The van der Waals surface area contributed by atoms with E-state index in [1.165, 1.54) is 23.7 Å². The summed E-state index contributed by atoms with van der Waals surface area (Å²) in [7, 11) is -1.83. The molecule has 10 nitrogen and oxygen atoms in total. The van der Waals surface area contributed by atoms with Crippen LogP contribution in [0.2, 0.25) is 5.02 Å². The van der Waals surface area contributed by atoms with Crippen LogP contribution in [0.1, 0.15) is 90.6 Å². The van der Waals surface area contributed by atoms with Crippen molar-refractivity contribution in [3.8, 4) is 5.75 Å². The number of hydrogen-bond donors (Lipinski definition) is 1. The third-order valence-corrected chi connectivity index (χ3v) is 15.2. The molecule has 3 aromatic rings. The van der Waals surface area contributed by atoms with Gasteiger partial charge in [-0.25, -0.2) is 4.21 Å². The summed E-state index contributed by atoms with van der Waals surface area (Å²) < 4.78 is 36.3. The maximum atomic E-state index is 14.8. The summed E-state index contributed by atoms with van der Waals surface area (Å²) >= 11 is 6.55. The van der Waals surface area contributed by atoms with Crippen molar-refractivity contribution in [2.24, 2.45) is 28.0 Å². The Kier molecular flexibility index (Phi) is 9.27. The third kappa shape index (κ3) is 6.36. The molecule has 2 aromatic carbocycles. The molecule has 2 aliphatic heterocycles. The molecule has 2 saturated carbocycles. The number of rotatable bonds is 4. The highest BCUT2D eigenvalue weighted by molar-refractivity contribution is 7.93. The molecule has 52 heavy (non-hydrogen) atoms. The maximum absolute atomic E-state index is 14.8. The van der Waals surface area contributed by atoms with Gasteiger partial charge in [0.1, 0.15) is 15.7 Å². The molecular formula is C40H48ClN5O5S. The monoisotopic (exact) mass is 745 g/mol. The molecule has 2 amide bonds. The number of methoxy groups -OCH3 is 1. The average molecular weight is 746 g/mol. The molecule has 1 spiro atoms. The van der Waals surface area contributed by atoms with E-state index in [1.807, 2.05) is 32.0 Å². The van der Waals surface area contributed by atoms with E-state index in [-0.39, 0.29) is 23.0 Å². The lowest BCUT2D eigenvalue weighted by atomic mass is 9.68. The number of aromatic nitrogens is 2. The molecule has 276 valence electrons. The van der Waals surface area contributed by atoms with Gasteiger partial charge in [0, 0.05) is 48.9 Å². The Bertz CT molecular complexity index is 2060. The lowest BCUT2D eigenvalue weighted by Gasteiger charge is -2.46. The van der Waals surface area contributed by atoms with Crippen LogP contribution in [0.4, 0.5) is 5.69 Å². The minimum atomic E-state index is -3.60. The number of anilines is 1. The summed E-state index contributed by atoms with van der Waals surface area (Å²) in [5.41, 5.74) is 3.80. The number of amides is 2. The predicted octanol–water partition coefficient (Wildman–Crippen LogP) is 7.18. The van der Waals surface area contributed by atoms with E-state index in [9.17, 15) is 13.8 Å². The maximum Gasteiger partial charge on any atom is 0.286 e. The smallest absolute Gasteiger partial charge is 0.286 e. The number of allylic oxidation sites excluding steroid dienone is 1. The van der Waals surface area contributed by atoms with E-state index >= 15 is 0 Å². The zero-order valence-corrected chi connectivity index (χ0v) is 31.9. The molecule has 0 radical (unpaired) electrons. The lowest BCUT2D eigenvalue weighted by molar-refractivity contribution is 0.0131. The van der Waals surface area contributed by atoms with E-state index in [1.54, 1.807) is 31.0 Å². The molecular weight excluding hydrogens is 698 g/mol. The first-order chi connectivity index (χ1) is 25.0. The highest BCUT2D eigenvalue weighted by Crippen LogP contribution is 2.61. The van der Waals surface area contributed by atoms with Crippen molar-refractivity contribution >= 4 is 39.0 Å². The van der Waals surface area contributed by atoms with E-state index in [2.05, 4.69) is 43.4 Å². The van der Waals surface area contributed by atoms with Crippen LogP contribution in [-0.2, 0) is 26.6 Å². The standard InChI is InChI=1S/C40H48ClN5O5S/c1-5-46-21-29(19-42-46)39(48)44-52(49)25(3)24(2)7-6-8-36(50-4)31-12-9-27(31)20-45-22-40(18-28-15-32(28)33-17-30(41)11-13-34(33)40)23-51-37-14-10-26(16-35(37)45)38(47)43-52/h6,8,10-11,13-14,16-17,19,21,24-25,27-28,31-32,36H,5,7,9,12,15,18,20,22-23H2,1-4H3,(H,43,44,47,48,49)/b8-6+. The topological polar surface area (TPSA) is 115 Å². The van der Waals surface area contributed by atoms with Crippen molar-refractivity contribution in [3.05, 3.63) is 88.2 Å². The van der Waals surface area contributed by atoms with Crippen LogP contribution in [0.15, 0.2) is 65.3 Å². The Balaban J connectivity index is 1.22. The summed E-state index contributed by atoms with van der Waals surface area (Å²) in [6, 6.07) is 11.8. The van der Waals surface area contributed by atoms with Gasteiger partial charge in [-0.3, -0.25) is 19.0 Å². The lowest BCUT2D eigenvalue weighted by Crippen LogP contribution is -2.49. The molecule has 9 atom stereocenters. The Labute approximate surface area is 311 Å².